The molecular formula is C39H30F2N2O7. The topological polar surface area (TPSA) is 120 Å². The lowest BCUT2D eigenvalue weighted by Crippen LogP contribution is -2.20. The van der Waals surface area contributed by atoms with Crippen LogP contribution >= 0.6 is 0 Å². The fourth-order valence-electron chi connectivity index (χ4n) is 6.28. The Kier molecular flexibility index (Phi) is 8.40. The molecule has 0 spiro atoms. The summed E-state index contributed by atoms with van der Waals surface area (Å²) >= 11 is 0. The van der Waals surface area contributed by atoms with Crippen LogP contribution in [0.25, 0.3) is 44.6 Å². The van der Waals surface area contributed by atoms with E-state index in [0.29, 0.717) is 61.3 Å². The van der Waals surface area contributed by atoms with Crippen LogP contribution in [0.15, 0.2) is 93.8 Å². The van der Waals surface area contributed by atoms with E-state index >= 15 is 0 Å². The Morgan fingerprint density at radius 1 is 0.640 bits per heavy atom. The van der Waals surface area contributed by atoms with E-state index in [1.165, 1.54) is 62.6 Å². The first kappa shape index (κ1) is 32.3. The molecule has 2 amide bonds. The number of amides is 2. The second-order valence-corrected chi connectivity index (χ2v) is 11.8. The number of benzene rings is 4. The lowest BCUT2D eigenvalue weighted by atomic mass is 9.95. The van der Waals surface area contributed by atoms with Gasteiger partial charge in [0.25, 0.3) is 11.8 Å². The number of hydrogen-bond donors (Lipinski definition) is 2. The lowest BCUT2D eigenvalue weighted by molar-refractivity contribution is -0.120. The van der Waals surface area contributed by atoms with Crippen molar-refractivity contribution < 1.29 is 41.5 Å². The van der Waals surface area contributed by atoms with Crippen molar-refractivity contribution in [1.82, 2.24) is 10.6 Å². The number of hydrogen-bond acceptors (Lipinski definition) is 7. The third-order valence-electron chi connectivity index (χ3n) is 8.58. The van der Waals surface area contributed by atoms with Crippen LogP contribution in [0.3, 0.4) is 0 Å². The van der Waals surface area contributed by atoms with Gasteiger partial charge in [0.2, 0.25) is 0 Å². The lowest BCUT2D eigenvalue weighted by Gasteiger charge is -2.18. The predicted octanol–water partition coefficient (Wildman–Crippen LogP) is 7.19. The summed E-state index contributed by atoms with van der Waals surface area (Å²) in [4.78, 5) is 40.3. The predicted molar refractivity (Wildman–Crippen MR) is 183 cm³/mol. The van der Waals surface area contributed by atoms with Gasteiger partial charge >= 0.3 is 0 Å². The molecule has 9 nitrogen and oxygen atoms in total. The van der Waals surface area contributed by atoms with Crippen molar-refractivity contribution in [3.63, 3.8) is 0 Å². The van der Waals surface area contributed by atoms with Gasteiger partial charge in [0, 0.05) is 60.0 Å². The molecule has 2 aromatic heterocycles. The molecule has 0 radical (unpaired) electrons. The van der Waals surface area contributed by atoms with E-state index in [9.17, 15) is 23.2 Å². The zero-order chi connectivity index (χ0) is 35.1. The van der Waals surface area contributed by atoms with Crippen molar-refractivity contribution >= 4 is 39.5 Å². The van der Waals surface area contributed by atoms with Crippen LogP contribution in [0.4, 0.5) is 8.78 Å². The molecule has 0 bridgehead atoms. The van der Waals surface area contributed by atoms with Crippen LogP contribution < -0.4 is 20.1 Å². The molecule has 3 heterocycles. The SMILES string of the molecule is C=C1COc2ccc3oc(-c4ccc(F)cc4)c(C(=O)NC)c3c2CC(=O)COc2ccc3oc(-c4ccc(F)cc4)c(C(=O)NC)c3c2C1. The number of carbonyl (C=O) groups excluding carboxylic acids is 3. The van der Waals surface area contributed by atoms with Gasteiger partial charge in [0.15, 0.2) is 5.78 Å². The van der Waals surface area contributed by atoms with Crippen molar-refractivity contribution in [2.24, 2.45) is 0 Å². The van der Waals surface area contributed by atoms with Crippen molar-refractivity contribution in [3.05, 3.63) is 119 Å². The summed E-state index contributed by atoms with van der Waals surface area (Å²) in [6, 6.07) is 17.8. The van der Waals surface area contributed by atoms with Gasteiger partial charge in [-0.2, -0.15) is 0 Å². The van der Waals surface area contributed by atoms with Gasteiger partial charge in [-0.15, -0.1) is 0 Å². The molecule has 11 heteroatoms. The maximum absolute atomic E-state index is 13.8. The molecule has 0 atom stereocenters. The van der Waals surface area contributed by atoms with Crippen molar-refractivity contribution in [2.75, 3.05) is 27.3 Å². The second kappa shape index (κ2) is 13.0. The molecule has 6 aromatic rings. The fourth-order valence-corrected chi connectivity index (χ4v) is 6.28. The Balaban J connectivity index is 1.33. The summed E-state index contributed by atoms with van der Waals surface area (Å²) < 4.78 is 52.3. The highest BCUT2D eigenvalue weighted by molar-refractivity contribution is 6.14. The number of halogens is 2. The Morgan fingerprint density at radius 2 is 1.08 bits per heavy atom. The summed E-state index contributed by atoms with van der Waals surface area (Å²) in [6.07, 6.45) is 0.0156. The first-order valence-electron chi connectivity index (χ1n) is 15.7. The number of Topliss-reactive ketones (excluding diaryl/α,β-unsaturated/α-hetero) is 1. The van der Waals surface area contributed by atoms with Crippen LogP contribution in [0.2, 0.25) is 0 Å². The molecule has 0 fully saturated rings. The van der Waals surface area contributed by atoms with E-state index in [2.05, 4.69) is 17.2 Å². The van der Waals surface area contributed by atoms with Crippen LogP contribution in [0.1, 0.15) is 31.8 Å². The average molecular weight is 677 g/mol. The molecule has 4 aromatic carbocycles. The van der Waals surface area contributed by atoms with Crippen molar-refractivity contribution in [2.45, 2.75) is 12.8 Å². The quantitative estimate of drug-likeness (QED) is 0.190. The third-order valence-corrected chi connectivity index (χ3v) is 8.58. The average Bonchev–Trinajstić information content (AvgIpc) is 3.70. The minimum Gasteiger partial charge on any atom is -0.489 e. The molecule has 7 rings (SSSR count). The number of nitrogens with one attached hydrogen (secondary N) is 2. The Hall–Kier alpha value is -6.23. The normalized spacial score (nSPS) is 13.4. The highest BCUT2D eigenvalue weighted by Gasteiger charge is 2.29. The van der Waals surface area contributed by atoms with E-state index in [0.717, 1.165) is 0 Å². The van der Waals surface area contributed by atoms with E-state index in [1.54, 1.807) is 24.3 Å². The largest absolute Gasteiger partial charge is 0.489 e. The standard InChI is InChI=1S/C39H30F2N2O7/c1-20-16-26-28(12-14-30-32(26)34(38(45)42-2)36(49-30)21-4-8-23(40)9-5-21)48-19-25(44)17-27-29(47-18-20)13-15-31-33(27)35(39(46)43-3)37(50-31)22-6-10-24(41)11-7-22/h4-15H,1,16-19H2,2-3H3,(H,42,45)(H,43,46). The summed E-state index contributed by atoms with van der Waals surface area (Å²) in [5.74, 6) is -0.927. The molecule has 0 saturated carbocycles. The van der Waals surface area contributed by atoms with E-state index < -0.39 is 23.4 Å². The highest BCUT2D eigenvalue weighted by Crippen LogP contribution is 2.42. The van der Waals surface area contributed by atoms with Crippen molar-refractivity contribution in [1.29, 1.82) is 0 Å². The molecule has 50 heavy (non-hydrogen) atoms. The van der Waals surface area contributed by atoms with E-state index in [-0.39, 0.29) is 54.5 Å². The molecule has 0 unspecified atom stereocenters. The van der Waals surface area contributed by atoms with Crippen molar-refractivity contribution in [3.8, 4) is 34.1 Å². The highest BCUT2D eigenvalue weighted by atomic mass is 19.1. The van der Waals surface area contributed by atoms with Crippen LogP contribution in [0, 0.1) is 11.6 Å². The first-order valence-corrected chi connectivity index (χ1v) is 15.7. The van der Waals surface area contributed by atoms with Gasteiger partial charge in [-0.3, -0.25) is 14.4 Å². The van der Waals surface area contributed by atoms with Gasteiger partial charge < -0.3 is 28.9 Å². The molecule has 1 aliphatic rings. The van der Waals surface area contributed by atoms with Crippen LogP contribution in [0.5, 0.6) is 11.5 Å². The molecule has 0 aliphatic carbocycles. The van der Waals surface area contributed by atoms with Crippen LogP contribution in [-0.4, -0.2) is 44.9 Å². The summed E-state index contributed by atoms with van der Waals surface area (Å²) in [6.45, 7) is 3.91. The number of furan rings is 2. The van der Waals surface area contributed by atoms with Gasteiger partial charge in [-0.25, -0.2) is 8.78 Å². The third kappa shape index (κ3) is 5.76. The second-order valence-electron chi connectivity index (χ2n) is 11.8. The molecule has 252 valence electrons. The number of ketones is 1. The Labute approximate surface area is 284 Å². The summed E-state index contributed by atoms with van der Waals surface area (Å²) in [7, 11) is 2.98. The zero-order valence-corrected chi connectivity index (χ0v) is 27.1. The molecule has 1 aliphatic heterocycles. The van der Waals surface area contributed by atoms with Gasteiger partial charge in [-0.05, 0) is 78.4 Å². The molecule has 0 saturated heterocycles. The Morgan fingerprint density at radius 3 is 1.54 bits per heavy atom. The monoisotopic (exact) mass is 676 g/mol. The fraction of sp³-hybridized carbons (Fsp3) is 0.154. The minimum absolute atomic E-state index is 0.0124. The maximum atomic E-state index is 13.8. The summed E-state index contributed by atoms with van der Waals surface area (Å²) in [5.41, 5.74) is 3.73. The zero-order valence-electron chi connectivity index (χ0n) is 27.1. The van der Waals surface area contributed by atoms with Gasteiger partial charge in [-0.1, -0.05) is 6.58 Å². The first-order chi connectivity index (χ1) is 24.2. The molecular weight excluding hydrogens is 646 g/mol. The number of ether oxygens (including phenoxy) is 2. The van der Waals surface area contributed by atoms with E-state index in [4.69, 9.17) is 18.3 Å². The minimum atomic E-state index is -0.458. The van der Waals surface area contributed by atoms with Gasteiger partial charge in [0.1, 0.15) is 59.0 Å². The maximum Gasteiger partial charge on any atom is 0.255 e. The Bertz CT molecular complexity index is 2170. The number of carbonyl (C=O) groups is 3. The number of fused-ring (bicyclic) bond motifs is 6. The summed E-state index contributed by atoms with van der Waals surface area (Å²) in [5, 5.41) is 6.16. The smallest absolute Gasteiger partial charge is 0.255 e. The molecule has 2 N–H and O–H groups in total. The van der Waals surface area contributed by atoms with Gasteiger partial charge in [0.05, 0.1) is 11.1 Å². The van der Waals surface area contributed by atoms with Crippen LogP contribution in [-0.2, 0) is 17.6 Å². The number of rotatable bonds is 4. The van der Waals surface area contributed by atoms with E-state index in [1.807, 2.05) is 0 Å².